The minimum atomic E-state index is -0.727. The Labute approximate surface area is 293 Å². The van der Waals surface area contributed by atoms with Crippen molar-refractivity contribution in [1.82, 2.24) is 10.2 Å². The van der Waals surface area contributed by atoms with Crippen LogP contribution in [0.2, 0.25) is 0 Å². The van der Waals surface area contributed by atoms with Gasteiger partial charge in [0.1, 0.15) is 17.4 Å². The molecular formula is C35H28BrIN4O4S. The third-order valence-electron chi connectivity index (χ3n) is 6.53. The number of aliphatic imine (C=N–C) groups is 1. The summed E-state index contributed by atoms with van der Waals surface area (Å²) in [6.45, 7) is 5.34. The largest absolute Gasteiger partial charge is 0.476 e. The van der Waals surface area contributed by atoms with Gasteiger partial charge >= 0.3 is 0 Å². The molecule has 8 nitrogen and oxygen atoms in total. The Kier molecular flexibility index (Phi) is 12.7. The third-order valence-corrected chi connectivity index (χ3v) is 8.85. The van der Waals surface area contributed by atoms with Crippen molar-refractivity contribution in [2.75, 3.05) is 12.4 Å². The van der Waals surface area contributed by atoms with Crippen LogP contribution in [0, 0.1) is 14.9 Å². The van der Waals surface area contributed by atoms with Gasteiger partial charge in [-0.15, -0.1) is 0 Å². The molecular weight excluding hydrogens is 779 g/mol. The molecule has 1 heterocycles. The van der Waals surface area contributed by atoms with E-state index in [-0.39, 0.29) is 29.0 Å². The molecule has 0 bridgehead atoms. The number of nitriles is 1. The molecule has 0 aromatic heterocycles. The van der Waals surface area contributed by atoms with Crippen LogP contribution >= 0.6 is 50.3 Å². The Morgan fingerprint density at radius 2 is 1.80 bits per heavy atom. The minimum absolute atomic E-state index is 0.0797. The summed E-state index contributed by atoms with van der Waals surface area (Å²) in [7, 11) is 0. The number of hydrogen-bond donors (Lipinski definition) is 1. The second kappa shape index (κ2) is 16.9. The average molecular weight is 808 g/mol. The van der Waals surface area contributed by atoms with Crippen molar-refractivity contribution in [2.24, 2.45) is 4.99 Å². The second-order valence-electron chi connectivity index (χ2n) is 9.58. The van der Waals surface area contributed by atoms with E-state index in [2.05, 4.69) is 55.4 Å². The Balaban J connectivity index is 1.63. The van der Waals surface area contributed by atoms with Gasteiger partial charge in [-0.3, -0.25) is 19.3 Å². The van der Waals surface area contributed by atoms with Gasteiger partial charge in [-0.1, -0.05) is 97.2 Å². The summed E-state index contributed by atoms with van der Waals surface area (Å²) in [6, 6.07) is 24.2. The molecule has 3 aromatic carbocycles. The number of hydrogen-bond acceptors (Lipinski definition) is 6. The SMILES string of the molecule is C=C/C=C\C(=C/C)N1C(=O)/C(=C/c2cc(Br)c(OCC#N)c(I)c2)C(=O)N=C1SCC(=O)NC(c1ccccc1)c1ccccc1. The highest BCUT2D eigenvalue weighted by atomic mass is 127. The van der Waals surface area contributed by atoms with Crippen molar-refractivity contribution in [3.63, 3.8) is 0 Å². The van der Waals surface area contributed by atoms with Crippen LogP contribution in [0.5, 0.6) is 5.75 Å². The normalized spacial score (nSPS) is 14.4. The van der Waals surface area contributed by atoms with Crippen molar-refractivity contribution in [3.05, 3.63) is 140 Å². The fourth-order valence-electron chi connectivity index (χ4n) is 4.47. The summed E-state index contributed by atoms with van der Waals surface area (Å²) in [4.78, 5) is 46.2. The van der Waals surface area contributed by atoms with Gasteiger partial charge < -0.3 is 10.1 Å². The Hall–Kier alpha value is -4.25. The number of nitrogens with zero attached hydrogens (tertiary/aromatic N) is 3. The molecule has 0 radical (unpaired) electrons. The van der Waals surface area contributed by atoms with Crippen molar-refractivity contribution < 1.29 is 19.1 Å². The van der Waals surface area contributed by atoms with Gasteiger partial charge in [0.2, 0.25) is 5.91 Å². The van der Waals surface area contributed by atoms with E-state index in [1.54, 1.807) is 43.4 Å². The van der Waals surface area contributed by atoms with E-state index in [1.165, 1.54) is 11.0 Å². The maximum atomic E-state index is 14.0. The maximum Gasteiger partial charge on any atom is 0.285 e. The lowest BCUT2D eigenvalue weighted by molar-refractivity contribution is -0.126. The lowest BCUT2D eigenvalue weighted by atomic mass is 9.99. The first-order valence-corrected chi connectivity index (χ1v) is 16.8. The molecule has 0 atom stereocenters. The van der Waals surface area contributed by atoms with E-state index in [9.17, 15) is 14.4 Å². The highest BCUT2D eigenvalue weighted by molar-refractivity contribution is 14.1. The number of halogens is 2. The smallest absolute Gasteiger partial charge is 0.285 e. The van der Waals surface area contributed by atoms with Crippen molar-refractivity contribution in [1.29, 1.82) is 5.26 Å². The van der Waals surface area contributed by atoms with Crippen LogP contribution in [-0.4, -0.2) is 40.1 Å². The van der Waals surface area contributed by atoms with Crippen LogP contribution < -0.4 is 10.1 Å². The molecule has 3 aromatic rings. The quantitative estimate of drug-likeness (QED) is 0.0940. The van der Waals surface area contributed by atoms with Crippen LogP contribution in [-0.2, 0) is 14.4 Å². The van der Waals surface area contributed by atoms with E-state index >= 15 is 0 Å². The van der Waals surface area contributed by atoms with Crippen LogP contribution in [0.25, 0.3) is 6.08 Å². The monoisotopic (exact) mass is 806 g/mol. The first kappa shape index (κ1) is 34.6. The summed E-state index contributed by atoms with van der Waals surface area (Å²) < 4.78 is 6.72. The minimum Gasteiger partial charge on any atom is -0.476 e. The maximum absolute atomic E-state index is 14.0. The number of nitrogens with one attached hydrogen (secondary N) is 1. The molecule has 232 valence electrons. The van der Waals surface area contributed by atoms with Gasteiger partial charge in [-0.2, -0.15) is 10.3 Å². The lowest BCUT2D eigenvalue weighted by Crippen LogP contribution is -2.42. The van der Waals surface area contributed by atoms with Gasteiger partial charge in [-0.05, 0) is 86.4 Å². The van der Waals surface area contributed by atoms with E-state index in [0.717, 1.165) is 22.9 Å². The lowest BCUT2D eigenvalue weighted by Gasteiger charge is -2.28. The van der Waals surface area contributed by atoms with Crippen LogP contribution in [0.1, 0.15) is 29.7 Å². The average Bonchev–Trinajstić information content (AvgIpc) is 3.06. The summed E-state index contributed by atoms with van der Waals surface area (Å²) in [5.74, 6) is -1.23. The highest BCUT2D eigenvalue weighted by Crippen LogP contribution is 2.34. The fourth-order valence-corrected chi connectivity index (χ4v) is 7.04. The van der Waals surface area contributed by atoms with Gasteiger partial charge in [-0.25, -0.2) is 0 Å². The number of rotatable bonds is 11. The number of thioether (sulfide) groups is 1. The number of allylic oxidation sites excluding steroid dienone is 4. The predicted octanol–water partition coefficient (Wildman–Crippen LogP) is 7.35. The van der Waals surface area contributed by atoms with Gasteiger partial charge in [0.25, 0.3) is 11.8 Å². The van der Waals surface area contributed by atoms with Crippen molar-refractivity contribution in [2.45, 2.75) is 13.0 Å². The Bertz CT molecular complexity index is 1740. The molecule has 0 saturated heterocycles. The molecule has 11 heteroatoms. The summed E-state index contributed by atoms with van der Waals surface area (Å²) in [5.41, 5.74) is 2.69. The van der Waals surface area contributed by atoms with E-state index in [0.29, 0.717) is 25.1 Å². The zero-order valence-electron chi connectivity index (χ0n) is 24.7. The number of carbonyl (C=O) groups is 3. The number of amides is 3. The standard InChI is InChI=1S/C35H28BrIN4O4S/c1-3-5-16-26(4-2)41-34(44)27(19-23-20-28(36)32(29(37)21-23)45-18-17-38)33(43)40-35(41)46-22-30(42)39-31(24-12-8-6-9-13-24)25-14-10-7-11-15-25/h3-16,19-21,31H,1,18,22H2,2H3,(H,39,42)/b16-5-,26-4+,27-19+. The molecule has 1 aliphatic heterocycles. The molecule has 0 fully saturated rings. The van der Waals surface area contributed by atoms with Crippen molar-refractivity contribution >= 4 is 79.2 Å². The fraction of sp³-hybridized carbons (Fsp3) is 0.114. The van der Waals surface area contributed by atoms with Crippen LogP contribution in [0.3, 0.4) is 0 Å². The second-order valence-corrected chi connectivity index (χ2v) is 12.5. The van der Waals surface area contributed by atoms with E-state index in [4.69, 9.17) is 10.00 Å². The zero-order chi connectivity index (χ0) is 33.1. The van der Waals surface area contributed by atoms with Gasteiger partial charge in [0, 0.05) is 5.70 Å². The van der Waals surface area contributed by atoms with Gasteiger partial charge in [0.05, 0.1) is 19.8 Å². The molecule has 0 saturated carbocycles. The zero-order valence-corrected chi connectivity index (χ0v) is 29.2. The molecule has 0 unspecified atom stereocenters. The first-order valence-electron chi connectivity index (χ1n) is 13.9. The van der Waals surface area contributed by atoms with Crippen molar-refractivity contribution in [3.8, 4) is 11.8 Å². The molecule has 0 spiro atoms. The third kappa shape index (κ3) is 8.72. The molecule has 4 rings (SSSR count). The molecule has 3 amide bonds. The molecule has 1 aliphatic rings. The Morgan fingerprint density at radius 1 is 1.15 bits per heavy atom. The summed E-state index contributed by atoms with van der Waals surface area (Å²) in [5, 5.41) is 12.0. The number of ether oxygens (including phenoxy) is 1. The molecule has 0 aliphatic carbocycles. The summed E-state index contributed by atoms with van der Waals surface area (Å²) in [6.07, 6.45) is 8.09. The van der Waals surface area contributed by atoms with E-state index in [1.807, 2.05) is 66.7 Å². The topological polar surface area (TPSA) is 112 Å². The van der Waals surface area contributed by atoms with E-state index < -0.39 is 17.9 Å². The summed E-state index contributed by atoms with van der Waals surface area (Å²) >= 11 is 6.50. The predicted molar refractivity (Wildman–Crippen MR) is 194 cm³/mol. The van der Waals surface area contributed by atoms with Crippen LogP contribution in [0.15, 0.2) is 124 Å². The number of benzene rings is 3. The number of amidine groups is 1. The molecule has 1 N–H and O–H groups in total. The first-order chi connectivity index (χ1) is 22.3. The number of carbonyl (C=O) groups excluding carboxylic acids is 3. The molecule has 46 heavy (non-hydrogen) atoms. The van der Waals surface area contributed by atoms with Gasteiger partial charge in [0.15, 0.2) is 11.8 Å². The highest BCUT2D eigenvalue weighted by Gasteiger charge is 2.35. The van der Waals surface area contributed by atoms with Crippen LogP contribution in [0.4, 0.5) is 0 Å². The Morgan fingerprint density at radius 3 is 2.37 bits per heavy atom.